The summed E-state index contributed by atoms with van der Waals surface area (Å²) in [6.45, 7) is 4.02. The van der Waals surface area contributed by atoms with Crippen LogP contribution in [0.5, 0.6) is 5.75 Å². The van der Waals surface area contributed by atoms with Gasteiger partial charge in [-0.15, -0.1) is 0 Å². The fraction of sp³-hybridized carbons (Fsp3) is 0.304. The van der Waals surface area contributed by atoms with Crippen molar-refractivity contribution in [3.8, 4) is 5.75 Å². The second kappa shape index (κ2) is 9.28. The molecular weight excluding hydrogens is 368 g/mol. The Morgan fingerprint density at radius 2 is 1.90 bits per heavy atom. The number of aromatic amines is 1. The summed E-state index contributed by atoms with van der Waals surface area (Å²) >= 11 is 0. The minimum Gasteiger partial charge on any atom is -0.496 e. The van der Waals surface area contributed by atoms with E-state index in [0.717, 1.165) is 27.6 Å². The predicted octanol–water partition coefficient (Wildman–Crippen LogP) is 3.32. The van der Waals surface area contributed by atoms with E-state index in [1.54, 1.807) is 20.2 Å². The number of rotatable bonds is 8. The van der Waals surface area contributed by atoms with Crippen molar-refractivity contribution in [1.29, 1.82) is 0 Å². The molecule has 0 unspecified atom stereocenters. The Bertz CT molecular complexity index is 992. The summed E-state index contributed by atoms with van der Waals surface area (Å²) in [5.74, 6) is 0.0213. The Morgan fingerprint density at radius 1 is 1.14 bits per heavy atom. The van der Waals surface area contributed by atoms with Crippen molar-refractivity contribution >= 4 is 22.8 Å². The van der Waals surface area contributed by atoms with E-state index in [1.807, 2.05) is 49.4 Å². The van der Waals surface area contributed by atoms with Gasteiger partial charge in [0, 0.05) is 23.5 Å². The molecule has 2 N–H and O–H groups in total. The van der Waals surface area contributed by atoms with Crippen LogP contribution in [-0.2, 0) is 27.2 Å². The molecule has 0 aliphatic carbocycles. The number of methoxy groups -OCH3 is 1. The average Bonchev–Trinajstić information content (AvgIpc) is 3.12. The van der Waals surface area contributed by atoms with Gasteiger partial charge in [-0.3, -0.25) is 4.79 Å². The lowest BCUT2D eigenvalue weighted by molar-refractivity contribution is -0.147. The van der Waals surface area contributed by atoms with Gasteiger partial charge in [0.1, 0.15) is 11.8 Å². The van der Waals surface area contributed by atoms with Gasteiger partial charge < -0.3 is 19.8 Å². The number of H-pyrrole nitrogens is 1. The van der Waals surface area contributed by atoms with Crippen LogP contribution in [0.15, 0.2) is 48.7 Å². The molecule has 0 saturated heterocycles. The number of carbonyl (C=O) groups is 2. The monoisotopic (exact) mass is 394 g/mol. The quantitative estimate of drug-likeness (QED) is 0.575. The third-order valence-corrected chi connectivity index (χ3v) is 4.79. The summed E-state index contributed by atoms with van der Waals surface area (Å²) in [6, 6.07) is 12.8. The lowest BCUT2D eigenvalue weighted by Crippen LogP contribution is -2.44. The molecule has 1 heterocycles. The topological polar surface area (TPSA) is 80.4 Å². The fourth-order valence-electron chi connectivity index (χ4n) is 3.34. The van der Waals surface area contributed by atoms with E-state index in [-0.39, 0.29) is 18.9 Å². The zero-order chi connectivity index (χ0) is 20.8. The summed E-state index contributed by atoms with van der Waals surface area (Å²) in [5, 5.41) is 3.71. The summed E-state index contributed by atoms with van der Waals surface area (Å²) in [4.78, 5) is 28.3. The highest BCUT2D eigenvalue weighted by Gasteiger charge is 2.23. The summed E-state index contributed by atoms with van der Waals surface area (Å²) in [7, 11) is 1.60. The van der Waals surface area contributed by atoms with E-state index in [9.17, 15) is 9.59 Å². The molecule has 6 heteroatoms. The number of aryl methyl sites for hydroxylation is 1. The third-order valence-electron chi connectivity index (χ3n) is 4.79. The lowest BCUT2D eigenvalue weighted by Gasteiger charge is -2.17. The maximum absolute atomic E-state index is 12.7. The van der Waals surface area contributed by atoms with Gasteiger partial charge in [0.15, 0.2) is 0 Å². The molecule has 0 aliphatic rings. The first-order valence-electron chi connectivity index (χ1n) is 9.66. The van der Waals surface area contributed by atoms with Crippen molar-refractivity contribution < 1.29 is 19.1 Å². The first kappa shape index (κ1) is 20.5. The zero-order valence-electron chi connectivity index (χ0n) is 17.0. The highest BCUT2D eigenvalue weighted by molar-refractivity contribution is 5.94. The molecule has 0 bridgehead atoms. The number of aromatic nitrogens is 1. The van der Waals surface area contributed by atoms with Gasteiger partial charge in [0.25, 0.3) is 0 Å². The molecule has 1 aromatic heterocycles. The second-order valence-corrected chi connectivity index (χ2v) is 6.94. The van der Waals surface area contributed by atoms with Crippen LogP contribution in [0.4, 0.5) is 0 Å². The van der Waals surface area contributed by atoms with Gasteiger partial charge in [-0.05, 0) is 37.1 Å². The number of benzene rings is 2. The van der Waals surface area contributed by atoms with E-state index in [0.29, 0.717) is 12.2 Å². The number of ether oxygens (including phenoxy) is 2. The standard InChI is InChI=1S/C23H26N2O4/c1-4-29-23(27)19(12-16-10-8-15(2)9-11-16)25-21(26)13-17-14-24-18-6-5-7-20(28-3)22(17)18/h5-11,14,19,24H,4,12-13H2,1-3H3,(H,25,26)/t19-/m0/s1. The molecule has 0 radical (unpaired) electrons. The minimum atomic E-state index is -0.739. The van der Waals surface area contributed by atoms with Gasteiger partial charge >= 0.3 is 5.97 Å². The normalized spacial score (nSPS) is 11.8. The Kier molecular flexibility index (Phi) is 6.54. The number of carbonyl (C=O) groups excluding carboxylic acids is 2. The number of fused-ring (bicyclic) bond motifs is 1. The predicted molar refractivity (Wildman–Crippen MR) is 112 cm³/mol. The molecule has 2 aromatic carbocycles. The van der Waals surface area contributed by atoms with Crippen molar-refractivity contribution in [2.75, 3.05) is 13.7 Å². The van der Waals surface area contributed by atoms with E-state index < -0.39 is 12.0 Å². The number of amides is 1. The largest absolute Gasteiger partial charge is 0.496 e. The zero-order valence-corrected chi connectivity index (χ0v) is 17.0. The molecular formula is C23H26N2O4. The Balaban J connectivity index is 1.76. The minimum absolute atomic E-state index is 0.129. The summed E-state index contributed by atoms with van der Waals surface area (Å²) in [6.07, 6.45) is 2.30. The molecule has 0 aliphatic heterocycles. The van der Waals surface area contributed by atoms with E-state index in [1.165, 1.54) is 0 Å². The van der Waals surface area contributed by atoms with Crippen LogP contribution in [0.3, 0.4) is 0 Å². The van der Waals surface area contributed by atoms with Crippen molar-refractivity contribution in [3.63, 3.8) is 0 Å². The van der Waals surface area contributed by atoms with Crippen LogP contribution < -0.4 is 10.1 Å². The van der Waals surface area contributed by atoms with Gasteiger partial charge in [0.05, 0.1) is 20.1 Å². The Morgan fingerprint density at radius 3 is 2.59 bits per heavy atom. The van der Waals surface area contributed by atoms with E-state index in [2.05, 4.69) is 10.3 Å². The molecule has 152 valence electrons. The van der Waals surface area contributed by atoms with Crippen LogP contribution >= 0.6 is 0 Å². The van der Waals surface area contributed by atoms with Crippen molar-refractivity contribution in [2.45, 2.75) is 32.7 Å². The maximum Gasteiger partial charge on any atom is 0.328 e. The molecule has 1 amide bonds. The van der Waals surface area contributed by atoms with Crippen molar-refractivity contribution in [3.05, 3.63) is 65.4 Å². The third kappa shape index (κ3) is 4.96. The lowest BCUT2D eigenvalue weighted by atomic mass is 10.0. The van der Waals surface area contributed by atoms with Gasteiger partial charge in [-0.1, -0.05) is 35.9 Å². The van der Waals surface area contributed by atoms with Crippen LogP contribution in [0.1, 0.15) is 23.6 Å². The first-order chi connectivity index (χ1) is 14.0. The molecule has 3 aromatic rings. The van der Waals surface area contributed by atoms with Crippen molar-refractivity contribution in [1.82, 2.24) is 10.3 Å². The summed E-state index contributed by atoms with van der Waals surface area (Å²) in [5.41, 5.74) is 3.81. The maximum atomic E-state index is 12.7. The van der Waals surface area contributed by atoms with Gasteiger partial charge in [-0.2, -0.15) is 0 Å². The number of nitrogens with one attached hydrogen (secondary N) is 2. The van der Waals surface area contributed by atoms with Gasteiger partial charge in [0.2, 0.25) is 5.91 Å². The SMILES string of the molecule is CCOC(=O)[C@H](Cc1ccc(C)cc1)NC(=O)Cc1c[nH]c2cccc(OC)c12. The van der Waals surface area contributed by atoms with Crippen LogP contribution in [0.2, 0.25) is 0 Å². The summed E-state index contributed by atoms with van der Waals surface area (Å²) < 4.78 is 10.6. The number of hydrogen-bond donors (Lipinski definition) is 2. The molecule has 1 atom stereocenters. The van der Waals surface area contributed by atoms with Crippen LogP contribution in [-0.4, -0.2) is 36.6 Å². The average molecular weight is 394 g/mol. The van der Waals surface area contributed by atoms with Crippen LogP contribution in [0, 0.1) is 6.92 Å². The van der Waals surface area contributed by atoms with Crippen molar-refractivity contribution in [2.24, 2.45) is 0 Å². The smallest absolute Gasteiger partial charge is 0.328 e. The highest BCUT2D eigenvalue weighted by Crippen LogP contribution is 2.28. The number of esters is 1. The Labute approximate surface area is 170 Å². The molecule has 0 spiro atoms. The molecule has 0 fully saturated rings. The van der Waals surface area contributed by atoms with E-state index >= 15 is 0 Å². The molecule has 29 heavy (non-hydrogen) atoms. The number of hydrogen-bond acceptors (Lipinski definition) is 4. The van der Waals surface area contributed by atoms with Gasteiger partial charge in [-0.25, -0.2) is 4.79 Å². The van der Waals surface area contributed by atoms with E-state index in [4.69, 9.17) is 9.47 Å². The first-order valence-corrected chi connectivity index (χ1v) is 9.66. The van der Waals surface area contributed by atoms with Crippen LogP contribution in [0.25, 0.3) is 10.9 Å². The Hall–Kier alpha value is -3.28. The molecule has 6 nitrogen and oxygen atoms in total. The highest BCUT2D eigenvalue weighted by atomic mass is 16.5. The fourth-order valence-corrected chi connectivity index (χ4v) is 3.34. The second-order valence-electron chi connectivity index (χ2n) is 6.94. The molecule has 3 rings (SSSR count). The molecule has 0 saturated carbocycles.